The Hall–Kier alpha value is -2.20. The van der Waals surface area contributed by atoms with Crippen molar-refractivity contribution >= 4 is 0 Å². The Balaban J connectivity index is 1.89. The molecule has 0 amide bonds. The minimum atomic E-state index is 0.0380. The Labute approximate surface area is 130 Å². The van der Waals surface area contributed by atoms with Crippen molar-refractivity contribution in [2.45, 2.75) is 25.5 Å². The minimum Gasteiger partial charge on any atom is -0.497 e. The number of hydrogen-bond acceptors (Lipinski definition) is 4. The van der Waals surface area contributed by atoms with E-state index in [-0.39, 0.29) is 6.10 Å². The highest BCUT2D eigenvalue weighted by Gasteiger charge is 2.24. The quantitative estimate of drug-likeness (QED) is 0.941. The predicted molar refractivity (Wildman–Crippen MR) is 85.6 cm³/mol. The first-order valence-electron chi connectivity index (χ1n) is 7.45. The molecule has 22 heavy (non-hydrogen) atoms. The van der Waals surface area contributed by atoms with Crippen LogP contribution in [0.1, 0.15) is 29.2 Å². The van der Waals surface area contributed by atoms with Crippen LogP contribution in [-0.4, -0.2) is 14.2 Å². The fraction of sp³-hybridized carbons (Fsp3) is 0.333. The molecule has 1 aliphatic heterocycles. The smallest absolute Gasteiger partial charge is 0.165 e. The van der Waals surface area contributed by atoms with Crippen molar-refractivity contribution in [2.75, 3.05) is 14.2 Å². The van der Waals surface area contributed by atoms with Gasteiger partial charge in [0.05, 0.1) is 14.2 Å². The molecular weight excluding hydrogens is 278 g/mol. The lowest BCUT2D eigenvalue weighted by Crippen LogP contribution is -2.16. The third kappa shape index (κ3) is 2.74. The molecule has 1 unspecified atom stereocenters. The van der Waals surface area contributed by atoms with Gasteiger partial charge in [-0.05, 0) is 47.7 Å². The number of fused-ring (bicyclic) bond motifs is 1. The van der Waals surface area contributed by atoms with Gasteiger partial charge in [0.25, 0.3) is 0 Å². The zero-order valence-electron chi connectivity index (χ0n) is 13.0. The third-order valence-electron chi connectivity index (χ3n) is 4.07. The van der Waals surface area contributed by atoms with Crippen molar-refractivity contribution in [3.8, 4) is 17.2 Å². The van der Waals surface area contributed by atoms with Gasteiger partial charge in [-0.2, -0.15) is 0 Å². The van der Waals surface area contributed by atoms with Crippen LogP contribution in [0.2, 0.25) is 0 Å². The summed E-state index contributed by atoms with van der Waals surface area (Å²) in [6, 6.07) is 12.1. The maximum atomic E-state index is 6.21. The number of methoxy groups -OCH3 is 2. The number of ether oxygens (including phenoxy) is 3. The van der Waals surface area contributed by atoms with E-state index in [1.807, 2.05) is 18.2 Å². The average molecular weight is 299 g/mol. The van der Waals surface area contributed by atoms with Gasteiger partial charge in [-0.1, -0.05) is 18.2 Å². The number of nitrogens with two attached hydrogens (primary N) is 1. The molecule has 0 fully saturated rings. The highest BCUT2D eigenvalue weighted by atomic mass is 16.5. The molecule has 3 rings (SSSR count). The number of aryl methyl sites for hydroxylation is 1. The van der Waals surface area contributed by atoms with Gasteiger partial charge in [-0.25, -0.2) is 0 Å². The first kappa shape index (κ1) is 14.7. The van der Waals surface area contributed by atoms with Crippen molar-refractivity contribution in [3.05, 3.63) is 53.1 Å². The van der Waals surface area contributed by atoms with E-state index in [4.69, 9.17) is 19.9 Å². The lowest BCUT2D eigenvalue weighted by Gasteiger charge is -2.28. The lowest BCUT2D eigenvalue weighted by molar-refractivity contribution is 0.168. The second-order valence-corrected chi connectivity index (χ2v) is 5.41. The highest BCUT2D eigenvalue weighted by molar-refractivity contribution is 5.51. The van der Waals surface area contributed by atoms with Gasteiger partial charge in [-0.3, -0.25) is 0 Å². The van der Waals surface area contributed by atoms with Crippen LogP contribution in [0, 0.1) is 0 Å². The van der Waals surface area contributed by atoms with E-state index in [2.05, 4.69) is 18.2 Å². The SMILES string of the molecule is COc1ccc(C2CCc3cc(CN)cc(OC)c3O2)cc1. The summed E-state index contributed by atoms with van der Waals surface area (Å²) in [5.41, 5.74) is 9.14. The van der Waals surface area contributed by atoms with E-state index in [1.165, 1.54) is 5.56 Å². The van der Waals surface area contributed by atoms with Crippen LogP contribution in [0.15, 0.2) is 36.4 Å². The molecule has 1 atom stereocenters. The number of hydrogen-bond donors (Lipinski definition) is 1. The zero-order valence-corrected chi connectivity index (χ0v) is 13.0. The van der Waals surface area contributed by atoms with E-state index in [1.54, 1.807) is 14.2 Å². The fourth-order valence-electron chi connectivity index (χ4n) is 2.85. The molecule has 0 radical (unpaired) electrons. The molecule has 1 aliphatic rings. The molecule has 0 spiro atoms. The van der Waals surface area contributed by atoms with Crippen LogP contribution >= 0.6 is 0 Å². The van der Waals surface area contributed by atoms with Crippen molar-refractivity contribution in [2.24, 2.45) is 5.73 Å². The van der Waals surface area contributed by atoms with Crippen LogP contribution in [0.5, 0.6) is 17.2 Å². The first-order chi connectivity index (χ1) is 10.7. The Morgan fingerprint density at radius 3 is 2.55 bits per heavy atom. The van der Waals surface area contributed by atoms with Gasteiger partial charge in [0.15, 0.2) is 11.5 Å². The molecule has 0 aliphatic carbocycles. The summed E-state index contributed by atoms with van der Waals surface area (Å²) in [4.78, 5) is 0. The van der Waals surface area contributed by atoms with Crippen LogP contribution in [0.25, 0.3) is 0 Å². The molecule has 0 bridgehead atoms. The average Bonchev–Trinajstić information content (AvgIpc) is 2.60. The zero-order chi connectivity index (χ0) is 15.5. The van der Waals surface area contributed by atoms with E-state index in [9.17, 15) is 0 Å². The van der Waals surface area contributed by atoms with Gasteiger partial charge >= 0.3 is 0 Å². The summed E-state index contributed by atoms with van der Waals surface area (Å²) in [6.07, 6.45) is 1.93. The van der Waals surface area contributed by atoms with Crippen LogP contribution in [0.4, 0.5) is 0 Å². The summed E-state index contributed by atoms with van der Waals surface area (Å²) in [5, 5.41) is 0. The van der Waals surface area contributed by atoms with E-state index in [0.717, 1.165) is 41.2 Å². The second kappa shape index (κ2) is 6.28. The molecule has 4 heteroatoms. The van der Waals surface area contributed by atoms with Gasteiger partial charge in [0.2, 0.25) is 0 Å². The summed E-state index contributed by atoms with van der Waals surface area (Å²) in [7, 11) is 3.33. The topological polar surface area (TPSA) is 53.7 Å². The Morgan fingerprint density at radius 1 is 1.14 bits per heavy atom. The first-order valence-corrected chi connectivity index (χ1v) is 7.45. The number of benzene rings is 2. The molecule has 2 N–H and O–H groups in total. The Morgan fingerprint density at radius 2 is 1.91 bits per heavy atom. The number of rotatable bonds is 4. The summed E-state index contributed by atoms with van der Waals surface area (Å²) < 4.78 is 16.9. The molecule has 0 saturated heterocycles. The summed E-state index contributed by atoms with van der Waals surface area (Å²) in [6.45, 7) is 0.506. The molecule has 4 nitrogen and oxygen atoms in total. The standard InChI is InChI=1S/C18H21NO3/c1-20-15-6-3-13(4-7-15)16-8-5-14-9-12(11-19)10-17(21-2)18(14)22-16/h3-4,6-7,9-10,16H,5,8,11,19H2,1-2H3. The molecule has 2 aromatic carbocycles. The van der Waals surface area contributed by atoms with Crippen molar-refractivity contribution in [1.29, 1.82) is 0 Å². The molecule has 0 saturated carbocycles. The second-order valence-electron chi connectivity index (χ2n) is 5.41. The third-order valence-corrected chi connectivity index (χ3v) is 4.07. The largest absolute Gasteiger partial charge is 0.497 e. The van der Waals surface area contributed by atoms with Crippen LogP contribution in [0.3, 0.4) is 0 Å². The van der Waals surface area contributed by atoms with Crippen LogP contribution < -0.4 is 19.9 Å². The molecule has 2 aromatic rings. The minimum absolute atomic E-state index is 0.0380. The monoisotopic (exact) mass is 299 g/mol. The van der Waals surface area contributed by atoms with Gasteiger partial charge in [-0.15, -0.1) is 0 Å². The van der Waals surface area contributed by atoms with Crippen molar-refractivity contribution in [3.63, 3.8) is 0 Å². The van der Waals surface area contributed by atoms with Gasteiger partial charge in [0, 0.05) is 6.54 Å². The summed E-state index contributed by atoms with van der Waals surface area (Å²) in [5.74, 6) is 2.45. The molecular formula is C18H21NO3. The highest BCUT2D eigenvalue weighted by Crippen LogP contribution is 2.42. The summed E-state index contributed by atoms with van der Waals surface area (Å²) >= 11 is 0. The van der Waals surface area contributed by atoms with Crippen LogP contribution in [-0.2, 0) is 13.0 Å². The van der Waals surface area contributed by atoms with Gasteiger partial charge in [0.1, 0.15) is 11.9 Å². The maximum Gasteiger partial charge on any atom is 0.165 e. The normalized spacial score (nSPS) is 16.6. The maximum absolute atomic E-state index is 6.21. The van der Waals surface area contributed by atoms with Crippen molar-refractivity contribution < 1.29 is 14.2 Å². The molecule has 1 heterocycles. The fourth-order valence-corrected chi connectivity index (χ4v) is 2.85. The lowest BCUT2D eigenvalue weighted by atomic mass is 9.95. The predicted octanol–water partition coefficient (Wildman–Crippen LogP) is 3.23. The van der Waals surface area contributed by atoms with E-state index >= 15 is 0 Å². The van der Waals surface area contributed by atoms with E-state index in [0.29, 0.717) is 6.54 Å². The van der Waals surface area contributed by atoms with E-state index < -0.39 is 0 Å². The Bertz CT molecular complexity index is 635. The Kier molecular flexibility index (Phi) is 4.20. The van der Waals surface area contributed by atoms with Crippen molar-refractivity contribution in [1.82, 2.24) is 0 Å². The molecule has 0 aromatic heterocycles. The molecule has 116 valence electrons. The van der Waals surface area contributed by atoms with Gasteiger partial charge < -0.3 is 19.9 Å².